The van der Waals surface area contributed by atoms with Crippen molar-refractivity contribution in [2.24, 2.45) is 0 Å². The van der Waals surface area contributed by atoms with Crippen LogP contribution in [-0.2, 0) is 27.9 Å². The number of nitrogens with one attached hydrogen (secondary N) is 1. The Morgan fingerprint density at radius 2 is 1.75 bits per heavy atom. The van der Waals surface area contributed by atoms with Gasteiger partial charge in [-0.25, -0.2) is 8.42 Å². The Morgan fingerprint density at radius 3 is 2.44 bits per heavy atom. The number of carbonyl (C=O) groups excluding carboxylic acids is 1. The van der Waals surface area contributed by atoms with Crippen LogP contribution in [0, 0.1) is 6.92 Å². The number of ether oxygens (including phenoxy) is 1. The first-order valence-corrected chi connectivity index (χ1v) is 11.8. The zero-order valence-corrected chi connectivity index (χ0v) is 19.5. The van der Waals surface area contributed by atoms with Crippen molar-refractivity contribution in [2.75, 3.05) is 13.7 Å². The van der Waals surface area contributed by atoms with Crippen LogP contribution >= 0.6 is 11.6 Å². The first-order chi connectivity index (χ1) is 15.3. The quantitative estimate of drug-likeness (QED) is 0.507. The Hall–Kier alpha value is -2.87. The highest BCUT2D eigenvalue weighted by atomic mass is 35.5. The predicted octanol–water partition coefficient (Wildman–Crippen LogP) is 4.16. The summed E-state index contributed by atoms with van der Waals surface area (Å²) >= 11 is 6.07. The van der Waals surface area contributed by atoms with Gasteiger partial charge in [0.1, 0.15) is 5.75 Å². The van der Waals surface area contributed by atoms with Gasteiger partial charge in [0.2, 0.25) is 15.9 Å². The summed E-state index contributed by atoms with van der Waals surface area (Å²) in [7, 11) is -2.36. The molecular formula is C24H25ClN2O4S. The molecule has 0 fully saturated rings. The Labute approximate surface area is 193 Å². The van der Waals surface area contributed by atoms with E-state index in [9.17, 15) is 13.2 Å². The summed E-state index contributed by atoms with van der Waals surface area (Å²) in [6, 6.07) is 20.8. The second-order valence-corrected chi connectivity index (χ2v) is 9.68. The molecular weight excluding hydrogens is 448 g/mol. The van der Waals surface area contributed by atoms with Gasteiger partial charge >= 0.3 is 0 Å². The zero-order chi connectivity index (χ0) is 23.1. The SMILES string of the molecule is COc1ccccc1CNC(=O)CN(Cc1cccc(Cl)c1)S(=O)(=O)c1ccc(C)cc1. The van der Waals surface area contributed by atoms with Gasteiger partial charge in [-0.15, -0.1) is 0 Å². The lowest BCUT2D eigenvalue weighted by Gasteiger charge is -2.22. The first kappa shape index (κ1) is 23.8. The van der Waals surface area contributed by atoms with E-state index in [1.807, 2.05) is 25.1 Å². The first-order valence-electron chi connectivity index (χ1n) is 9.99. The molecule has 0 atom stereocenters. The van der Waals surface area contributed by atoms with Gasteiger partial charge < -0.3 is 10.1 Å². The van der Waals surface area contributed by atoms with Crippen LogP contribution in [0.4, 0.5) is 0 Å². The average molecular weight is 473 g/mol. The number of halogens is 1. The van der Waals surface area contributed by atoms with Crippen molar-refractivity contribution in [3.8, 4) is 5.75 Å². The van der Waals surface area contributed by atoms with E-state index in [4.69, 9.17) is 16.3 Å². The minimum absolute atomic E-state index is 0.0127. The molecule has 32 heavy (non-hydrogen) atoms. The molecule has 0 saturated heterocycles. The fourth-order valence-electron chi connectivity index (χ4n) is 3.18. The van der Waals surface area contributed by atoms with E-state index in [0.717, 1.165) is 15.4 Å². The lowest BCUT2D eigenvalue weighted by Crippen LogP contribution is -2.40. The molecule has 6 nitrogen and oxygen atoms in total. The van der Waals surface area contributed by atoms with E-state index < -0.39 is 15.9 Å². The molecule has 0 radical (unpaired) electrons. The second-order valence-electron chi connectivity index (χ2n) is 7.30. The molecule has 1 amide bonds. The van der Waals surface area contributed by atoms with Crippen LogP contribution in [0.3, 0.4) is 0 Å². The zero-order valence-electron chi connectivity index (χ0n) is 17.9. The van der Waals surface area contributed by atoms with Gasteiger partial charge in [-0.3, -0.25) is 4.79 Å². The van der Waals surface area contributed by atoms with E-state index in [1.165, 1.54) is 0 Å². The molecule has 3 rings (SSSR count). The van der Waals surface area contributed by atoms with Crippen LogP contribution in [0.5, 0.6) is 5.75 Å². The maximum Gasteiger partial charge on any atom is 0.243 e. The van der Waals surface area contributed by atoms with Crippen LogP contribution in [0.2, 0.25) is 5.02 Å². The van der Waals surface area contributed by atoms with Crippen LogP contribution < -0.4 is 10.1 Å². The molecule has 3 aromatic rings. The number of hydrogen-bond acceptors (Lipinski definition) is 4. The third kappa shape index (κ3) is 6.09. The highest BCUT2D eigenvalue weighted by Gasteiger charge is 2.27. The summed E-state index contributed by atoms with van der Waals surface area (Å²) < 4.78 is 33.1. The van der Waals surface area contributed by atoms with Crippen molar-refractivity contribution in [1.82, 2.24) is 9.62 Å². The van der Waals surface area contributed by atoms with Gasteiger partial charge in [0.25, 0.3) is 0 Å². The van der Waals surface area contributed by atoms with Crippen molar-refractivity contribution >= 4 is 27.5 Å². The minimum Gasteiger partial charge on any atom is -0.496 e. The highest BCUT2D eigenvalue weighted by molar-refractivity contribution is 7.89. The smallest absolute Gasteiger partial charge is 0.243 e. The van der Waals surface area contributed by atoms with Gasteiger partial charge in [0.15, 0.2) is 0 Å². The summed E-state index contributed by atoms with van der Waals surface area (Å²) in [5, 5.41) is 3.28. The summed E-state index contributed by atoms with van der Waals surface area (Å²) in [6.07, 6.45) is 0. The molecule has 0 aliphatic carbocycles. The fourth-order valence-corrected chi connectivity index (χ4v) is 4.78. The molecule has 0 heterocycles. The number of carbonyl (C=O) groups is 1. The van der Waals surface area contributed by atoms with E-state index >= 15 is 0 Å². The Morgan fingerprint density at radius 1 is 1.03 bits per heavy atom. The minimum atomic E-state index is -3.91. The lowest BCUT2D eigenvalue weighted by molar-refractivity contribution is -0.121. The van der Waals surface area contributed by atoms with Gasteiger partial charge in [-0.2, -0.15) is 4.31 Å². The molecule has 0 aromatic heterocycles. The van der Waals surface area contributed by atoms with Crippen molar-refractivity contribution in [3.05, 3.63) is 94.5 Å². The number of benzene rings is 3. The van der Waals surface area contributed by atoms with Crippen LogP contribution in [0.25, 0.3) is 0 Å². The van der Waals surface area contributed by atoms with E-state index in [0.29, 0.717) is 16.3 Å². The average Bonchev–Trinajstić information content (AvgIpc) is 2.78. The molecule has 0 saturated carbocycles. The summed E-state index contributed by atoms with van der Waals surface area (Å²) in [5.41, 5.74) is 2.43. The Balaban J connectivity index is 1.81. The number of amides is 1. The monoisotopic (exact) mass is 472 g/mol. The fraction of sp³-hybridized carbons (Fsp3) is 0.208. The molecule has 0 aliphatic heterocycles. The Bertz CT molecular complexity index is 1180. The number of para-hydroxylation sites is 1. The maximum atomic E-state index is 13.3. The summed E-state index contributed by atoms with van der Waals surface area (Å²) in [6.45, 7) is 1.78. The van der Waals surface area contributed by atoms with Crippen molar-refractivity contribution < 1.29 is 17.9 Å². The summed E-state index contributed by atoms with van der Waals surface area (Å²) in [4.78, 5) is 12.9. The van der Waals surface area contributed by atoms with E-state index in [2.05, 4.69) is 5.32 Å². The molecule has 0 aliphatic rings. The van der Waals surface area contributed by atoms with Gasteiger partial charge in [0.05, 0.1) is 18.6 Å². The van der Waals surface area contributed by atoms with Crippen LogP contribution in [0.15, 0.2) is 77.7 Å². The van der Waals surface area contributed by atoms with Gasteiger partial charge in [0, 0.05) is 23.7 Å². The van der Waals surface area contributed by atoms with Gasteiger partial charge in [-0.05, 0) is 42.8 Å². The Kier molecular flexibility index (Phi) is 7.90. The topological polar surface area (TPSA) is 75.7 Å². The normalized spacial score (nSPS) is 11.4. The number of rotatable bonds is 9. The van der Waals surface area contributed by atoms with Gasteiger partial charge in [-0.1, -0.05) is 59.6 Å². The molecule has 8 heteroatoms. The number of nitrogens with zero attached hydrogens (tertiary/aromatic N) is 1. The molecule has 0 unspecified atom stereocenters. The maximum absolute atomic E-state index is 13.3. The molecule has 0 spiro atoms. The predicted molar refractivity (Wildman–Crippen MR) is 125 cm³/mol. The van der Waals surface area contributed by atoms with E-state index in [-0.39, 0.29) is 24.5 Å². The van der Waals surface area contributed by atoms with Crippen molar-refractivity contribution in [3.63, 3.8) is 0 Å². The van der Waals surface area contributed by atoms with Crippen LogP contribution in [-0.4, -0.2) is 32.3 Å². The third-order valence-electron chi connectivity index (χ3n) is 4.90. The number of aryl methyl sites for hydroxylation is 1. The standard InChI is InChI=1S/C24H25ClN2O4S/c1-18-10-12-22(13-11-18)32(29,30)27(16-19-6-5-8-21(25)14-19)17-24(28)26-15-20-7-3-4-9-23(20)31-2/h3-14H,15-17H2,1-2H3,(H,26,28). The molecule has 168 valence electrons. The largest absolute Gasteiger partial charge is 0.496 e. The number of hydrogen-bond donors (Lipinski definition) is 1. The van der Waals surface area contributed by atoms with Crippen molar-refractivity contribution in [1.29, 1.82) is 0 Å². The van der Waals surface area contributed by atoms with E-state index in [1.54, 1.807) is 61.7 Å². The second kappa shape index (κ2) is 10.6. The summed E-state index contributed by atoms with van der Waals surface area (Å²) in [5.74, 6) is 0.226. The van der Waals surface area contributed by atoms with Crippen molar-refractivity contribution in [2.45, 2.75) is 24.9 Å². The lowest BCUT2D eigenvalue weighted by atomic mass is 10.2. The molecule has 0 bridgehead atoms. The molecule has 1 N–H and O–H groups in total. The third-order valence-corrected chi connectivity index (χ3v) is 6.94. The number of methoxy groups -OCH3 is 1. The molecule has 3 aromatic carbocycles. The van der Waals surface area contributed by atoms with Crippen LogP contribution in [0.1, 0.15) is 16.7 Å². The number of sulfonamides is 1. The highest BCUT2D eigenvalue weighted by Crippen LogP contribution is 2.21.